The number of carbonyl (C=O) groups is 2. The van der Waals surface area contributed by atoms with E-state index < -0.39 is 18.0 Å². The first kappa shape index (κ1) is 21.1. The molecule has 2 aromatic rings. The van der Waals surface area contributed by atoms with Gasteiger partial charge in [0.2, 0.25) is 5.75 Å². The van der Waals surface area contributed by atoms with Crippen molar-refractivity contribution in [2.45, 2.75) is 26.4 Å². The minimum atomic E-state index is -0.936. The van der Waals surface area contributed by atoms with Gasteiger partial charge in [0, 0.05) is 5.69 Å². The normalized spacial score (nSPS) is 11.3. The second-order valence-electron chi connectivity index (χ2n) is 6.15. The van der Waals surface area contributed by atoms with Gasteiger partial charge in [-0.1, -0.05) is 18.2 Å². The molecule has 0 aliphatic heterocycles. The molecule has 0 saturated carbocycles. The molecule has 0 heterocycles. The van der Waals surface area contributed by atoms with Crippen LogP contribution in [0.5, 0.6) is 17.2 Å². The first-order valence-electron chi connectivity index (χ1n) is 8.74. The number of para-hydroxylation sites is 1. The number of carbonyl (C=O) groups excluding carboxylic acids is 2. The Bertz CT molecular complexity index is 824. The van der Waals surface area contributed by atoms with Gasteiger partial charge in [0.1, 0.15) is 0 Å². The summed E-state index contributed by atoms with van der Waals surface area (Å²) in [7, 11) is 4.50. The van der Waals surface area contributed by atoms with Crippen LogP contribution in [0.15, 0.2) is 36.4 Å². The zero-order chi connectivity index (χ0) is 20.7. The lowest BCUT2D eigenvalue weighted by Crippen LogP contribution is -2.30. The van der Waals surface area contributed by atoms with Crippen LogP contribution >= 0.6 is 0 Å². The molecule has 0 radical (unpaired) electrons. The van der Waals surface area contributed by atoms with E-state index in [4.69, 9.17) is 18.9 Å². The van der Waals surface area contributed by atoms with E-state index in [1.807, 2.05) is 25.1 Å². The van der Waals surface area contributed by atoms with Crippen molar-refractivity contribution >= 4 is 17.6 Å². The molecule has 7 heteroatoms. The van der Waals surface area contributed by atoms with Crippen LogP contribution in [0.25, 0.3) is 0 Å². The highest BCUT2D eigenvalue weighted by Gasteiger charge is 2.20. The van der Waals surface area contributed by atoms with Crippen LogP contribution in [0.2, 0.25) is 0 Å². The van der Waals surface area contributed by atoms with Crippen molar-refractivity contribution in [3.63, 3.8) is 0 Å². The molecule has 0 spiro atoms. The summed E-state index contributed by atoms with van der Waals surface area (Å²) in [4.78, 5) is 24.6. The van der Waals surface area contributed by atoms with Crippen LogP contribution in [-0.4, -0.2) is 39.3 Å². The molecule has 0 saturated heterocycles. The Morgan fingerprint density at radius 2 is 1.61 bits per heavy atom. The van der Waals surface area contributed by atoms with Gasteiger partial charge in [-0.3, -0.25) is 9.59 Å². The third kappa shape index (κ3) is 5.16. The summed E-state index contributed by atoms with van der Waals surface area (Å²) in [5, 5.41) is 2.76. The first-order chi connectivity index (χ1) is 13.4. The van der Waals surface area contributed by atoms with Crippen molar-refractivity contribution in [1.29, 1.82) is 0 Å². The third-order valence-corrected chi connectivity index (χ3v) is 4.15. The Labute approximate surface area is 164 Å². The predicted octanol–water partition coefficient (Wildman–Crippen LogP) is 3.13. The van der Waals surface area contributed by atoms with Crippen molar-refractivity contribution in [3.8, 4) is 17.2 Å². The van der Waals surface area contributed by atoms with Crippen LogP contribution in [0.1, 0.15) is 18.1 Å². The second kappa shape index (κ2) is 9.64. The number of esters is 1. The molecule has 0 aliphatic carbocycles. The van der Waals surface area contributed by atoms with Gasteiger partial charge in [0.25, 0.3) is 5.91 Å². The molecule has 1 atom stereocenters. The van der Waals surface area contributed by atoms with Gasteiger partial charge in [0.05, 0.1) is 27.8 Å². The number of anilines is 1. The maximum absolute atomic E-state index is 12.3. The van der Waals surface area contributed by atoms with Crippen molar-refractivity contribution in [1.82, 2.24) is 0 Å². The number of benzene rings is 2. The number of ether oxygens (including phenoxy) is 4. The average Bonchev–Trinajstić information content (AvgIpc) is 2.68. The lowest BCUT2D eigenvalue weighted by molar-refractivity contribution is -0.152. The molecule has 0 bridgehead atoms. The summed E-state index contributed by atoms with van der Waals surface area (Å²) in [5.74, 6) is 0.382. The molecule has 0 aliphatic rings. The smallest absolute Gasteiger partial charge is 0.311 e. The summed E-state index contributed by atoms with van der Waals surface area (Å²) >= 11 is 0. The van der Waals surface area contributed by atoms with E-state index in [-0.39, 0.29) is 6.42 Å². The van der Waals surface area contributed by atoms with Gasteiger partial charge >= 0.3 is 5.97 Å². The fourth-order valence-electron chi connectivity index (χ4n) is 2.64. The quantitative estimate of drug-likeness (QED) is 0.701. The predicted molar refractivity (Wildman–Crippen MR) is 105 cm³/mol. The molecule has 7 nitrogen and oxygen atoms in total. The number of amides is 1. The molecule has 1 N–H and O–H groups in total. The topological polar surface area (TPSA) is 83.1 Å². The van der Waals surface area contributed by atoms with E-state index in [0.29, 0.717) is 28.5 Å². The molecule has 1 unspecified atom stereocenters. The van der Waals surface area contributed by atoms with Crippen LogP contribution in [0.4, 0.5) is 5.69 Å². The number of hydrogen-bond acceptors (Lipinski definition) is 6. The fourth-order valence-corrected chi connectivity index (χ4v) is 2.64. The first-order valence-corrected chi connectivity index (χ1v) is 8.74. The van der Waals surface area contributed by atoms with Crippen molar-refractivity contribution in [2.75, 3.05) is 26.6 Å². The highest BCUT2D eigenvalue weighted by atomic mass is 16.5. The van der Waals surface area contributed by atoms with E-state index in [0.717, 1.165) is 5.56 Å². The number of methoxy groups -OCH3 is 3. The Hall–Kier alpha value is -3.22. The average molecular weight is 387 g/mol. The fraction of sp³-hybridized carbons (Fsp3) is 0.333. The van der Waals surface area contributed by atoms with Gasteiger partial charge in [-0.2, -0.15) is 0 Å². The largest absolute Gasteiger partial charge is 0.493 e. The molecular weight excluding hydrogens is 362 g/mol. The summed E-state index contributed by atoms with van der Waals surface area (Å²) in [6.45, 7) is 3.41. The monoisotopic (exact) mass is 387 g/mol. The third-order valence-electron chi connectivity index (χ3n) is 4.15. The molecule has 1 amide bonds. The number of rotatable bonds is 8. The van der Waals surface area contributed by atoms with Gasteiger partial charge in [-0.15, -0.1) is 0 Å². The molecule has 0 fully saturated rings. The standard InChI is InChI=1S/C21H25NO6/c1-13-8-6-7-9-16(13)22-21(24)14(2)28-19(23)12-15-10-17(25-3)20(27-5)18(11-15)26-4/h6-11,14H,12H2,1-5H3,(H,22,24). The Balaban J connectivity index is 2.03. The summed E-state index contributed by atoms with van der Waals surface area (Å²) < 4.78 is 21.1. The van der Waals surface area contributed by atoms with E-state index in [2.05, 4.69) is 5.32 Å². The highest BCUT2D eigenvalue weighted by Crippen LogP contribution is 2.38. The lowest BCUT2D eigenvalue weighted by Gasteiger charge is -2.16. The maximum atomic E-state index is 12.3. The molecule has 28 heavy (non-hydrogen) atoms. The summed E-state index contributed by atoms with van der Waals surface area (Å²) in [6.07, 6.45) is -0.979. The van der Waals surface area contributed by atoms with Crippen LogP contribution in [0, 0.1) is 6.92 Å². The van der Waals surface area contributed by atoms with E-state index >= 15 is 0 Å². The van der Waals surface area contributed by atoms with Gasteiger partial charge in [-0.25, -0.2) is 0 Å². The summed E-state index contributed by atoms with van der Waals surface area (Å²) in [6, 6.07) is 10.7. The van der Waals surface area contributed by atoms with Gasteiger partial charge < -0.3 is 24.3 Å². The molecule has 0 aromatic heterocycles. The minimum Gasteiger partial charge on any atom is -0.493 e. The molecule has 150 valence electrons. The molecule has 2 rings (SSSR count). The van der Waals surface area contributed by atoms with E-state index in [1.165, 1.54) is 28.3 Å². The van der Waals surface area contributed by atoms with Crippen LogP contribution < -0.4 is 19.5 Å². The van der Waals surface area contributed by atoms with Crippen molar-refractivity contribution < 1.29 is 28.5 Å². The zero-order valence-electron chi connectivity index (χ0n) is 16.7. The SMILES string of the molecule is COc1cc(CC(=O)OC(C)C(=O)Nc2ccccc2C)cc(OC)c1OC. The van der Waals surface area contributed by atoms with E-state index in [9.17, 15) is 9.59 Å². The number of aryl methyl sites for hydroxylation is 1. The number of nitrogens with one attached hydrogen (secondary N) is 1. The maximum Gasteiger partial charge on any atom is 0.311 e. The second-order valence-corrected chi connectivity index (χ2v) is 6.15. The van der Waals surface area contributed by atoms with Crippen molar-refractivity contribution in [3.05, 3.63) is 47.5 Å². The van der Waals surface area contributed by atoms with Gasteiger partial charge in [-0.05, 0) is 43.2 Å². The van der Waals surface area contributed by atoms with E-state index in [1.54, 1.807) is 18.2 Å². The molecule has 2 aromatic carbocycles. The lowest BCUT2D eigenvalue weighted by atomic mass is 10.1. The van der Waals surface area contributed by atoms with Gasteiger partial charge in [0.15, 0.2) is 17.6 Å². The van der Waals surface area contributed by atoms with Crippen LogP contribution in [0.3, 0.4) is 0 Å². The highest BCUT2D eigenvalue weighted by molar-refractivity contribution is 5.95. The Morgan fingerprint density at radius 3 is 2.14 bits per heavy atom. The zero-order valence-corrected chi connectivity index (χ0v) is 16.7. The number of hydrogen-bond donors (Lipinski definition) is 1. The summed E-state index contributed by atoms with van der Waals surface area (Å²) in [5.41, 5.74) is 2.22. The Kier molecular flexibility index (Phi) is 7.26. The van der Waals surface area contributed by atoms with Crippen molar-refractivity contribution in [2.24, 2.45) is 0 Å². The Morgan fingerprint density at radius 1 is 1.00 bits per heavy atom. The minimum absolute atomic E-state index is 0.0430. The van der Waals surface area contributed by atoms with Crippen LogP contribution in [-0.2, 0) is 20.7 Å². The molecular formula is C21H25NO6.